The largest absolute Gasteiger partial charge is 0.367 e. The number of aryl methyl sites for hydroxylation is 1. The van der Waals surface area contributed by atoms with Crippen molar-refractivity contribution in [3.05, 3.63) is 51.3 Å². The fraction of sp³-hybridized carbons (Fsp3) is 0.353. The van der Waals surface area contributed by atoms with Crippen molar-refractivity contribution in [2.75, 3.05) is 18.4 Å². The first kappa shape index (κ1) is 18.1. The van der Waals surface area contributed by atoms with E-state index in [0.29, 0.717) is 36.6 Å². The molecule has 130 valence electrons. The van der Waals surface area contributed by atoms with E-state index in [1.807, 2.05) is 6.07 Å². The topological polar surface area (TPSA) is 124 Å². The molecular weight excluding hydrogens is 320 g/mol. The highest BCUT2D eigenvalue weighted by Crippen LogP contribution is 2.14. The molecular formula is C17H20N6O2. The van der Waals surface area contributed by atoms with E-state index in [1.54, 1.807) is 32.4 Å². The summed E-state index contributed by atoms with van der Waals surface area (Å²) >= 11 is 0. The number of amides is 1. The summed E-state index contributed by atoms with van der Waals surface area (Å²) in [6.07, 6.45) is 5.53. The monoisotopic (exact) mass is 340 g/mol. The van der Waals surface area contributed by atoms with Crippen LogP contribution in [0.4, 0.5) is 5.82 Å². The molecule has 8 nitrogen and oxygen atoms in total. The number of nitrogens with zero attached hydrogens (tertiary/aromatic N) is 3. The van der Waals surface area contributed by atoms with Gasteiger partial charge >= 0.3 is 0 Å². The van der Waals surface area contributed by atoms with Crippen LogP contribution in [0.3, 0.4) is 0 Å². The Kier molecular flexibility index (Phi) is 6.23. The van der Waals surface area contributed by atoms with Gasteiger partial charge in [0.2, 0.25) is 5.91 Å². The van der Waals surface area contributed by atoms with E-state index in [4.69, 9.17) is 5.26 Å². The zero-order valence-corrected chi connectivity index (χ0v) is 14.2. The summed E-state index contributed by atoms with van der Waals surface area (Å²) in [6, 6.07) is 1.91. The Hall–Kier alpha value is -3.21. The zero-order valence-electron chi connectivity index (χ0n) is 14.2. The van der Waals surface area contributed by atoms with E-state index in [0.717, 1.165) is 5.56 Å². The molecule has 0 saturated heterocycles. The molecule has 0 spiro atoms. The molecule has 2 aromatic rings. The molecule has 3 N–H and O–H groups in total. The fourth-order valence-corrected chi connectivity index (χ4v) is 2.53. The van der Waals surface area contributed by atoms with Crippen molar-refractivity contribution in [2.45, 2.75) is 26.7 Å². The van der Waals surface area contributed by atoms with Crippen LogP contribution < -0.4 is 16.2 Å². The van der Waals surface area contributed by atoms with Gasteiger partial charge in [0.25, 0.3) is 5.56 Å². The quantitative estimate of drug-likeness (QED) is 0.641. The second kappa shape index (κ2) is 8.59. The Labute approximate surface area is 145 Å². The van der Waals surface area contributed by atoms with E-state index < -0.39 is 0 Å². The highest BCUT2D eigenvalue weighted by atomic mass is 16.1. The Balaban J connectivity index is 1.82. The smallest absolute Gasteiger partial charge is 0.266 e. The van der Waals surface area contributed by atoms with Crippen LogP contribution in [-0.4, -0.2) is 33.9 Å². The van der Waals surface area contributed by atoms with Crippen molar-refractivity contribution in [1.29, 1.82) is 5.26 Å². The van der Waals surface area contributed by atoms with Crippen LogP contribution in [0, 0.1) is 25.2 Å². The molecule has 0 bridgehead atoms. The van der Waals surface area contributed by atoms with Crippen LogP contribution in [0.25, 0.3) is 0 Å². The Bertz CT molecular complexity index is 839. The molecule has 0 fully saturated rings. The minimum Gasteiger partial charge on any atom is -0.367 e. The maximum Gasteiger partial charge on any atom is 0.266 e. The van der Waals surface area contributed by atoms with Gasteiger partial charge < -0.3 is 15.6 Å². The maximum absolute atomic E-state index is 12.0. The van der Waals surface area contributed by atoms with Crippen LogP contribution in [-0.2, 0) is 11.2 Å². The van der Waals surface area contributed by atoms with Crippen molar-refractivity contribution in [2.24, 2.45) is 0 Å². The van der Waals surface area contributed by atoms with Crippen molar-refractivity contribution in [3.8, 4) is 6.07 Å². The van der Waals surface area contributed by atoms with Crippen LogP contribution in [0.5, 0.6) is 0 Å². The lowest BCUT2D eigenvalue weighted by atomic mass is 9.99. The van der Waals surface area contributed by atoms with Gasteiger partial charge in [-0.05, 0) is 31.4 Å². The number of pyridine rings is 1. The molecule has 0 aliphatic carbocycles. The second-order valence-corrected chi connectivity index (χ2v) is 5.54. The van der Waals surface area contributed by atoms with Crippen molar-refractivity contribution < 1.29 is 4.79 Å². The van der Waals surface area contributed by atoms with E-state index in [2.05, 4.69) is 25.6 Å². The number of hydrogen-bond donors (Lipinski definition) is 3. The number of nitriles is 1. The number of aromatic nitrogens is 3. The molecule has 0 aliphatic heterocycles. The van der Waals surface area contributed by atoms with Crippen molar-refractivity contribution >= 4 is 11.7 Å². The summed E-state index contributed by atoms with van der Waals surface area (Å²) in [5.74, 6) is 0.560. The summed E-state index contributed by atoms with van der Waals surface area (Å²) < 4.78 is 0. The molecule has 1 amide bonds. The first-order chi connectivity index (χ1) is 12.0. The van der Waals surface area contributed by atoms with Crippen molar-refractivity contribution in [3.63, 3.8) is 0 Å². The van der Waals surface area contributed by atoms with Gasteiger partial charge in [0.15, 0.2) is 0 Å². The molecule has 0 atom stereocenters. The first-order valence-electron chi connectivity index (χ1n) is 7.92. The summed E-state index contributed by atoms with van der Waals surface area (Å²) in [4.78, 5) is 34.3. The number of carbonyl (C=O) groups is 1. The molecule has 0 unspecified atom stereocenters. The van der Waals surface area contributed by atoms with Crippen molar-refractivity contribution in [1.82, 2.24) is 20.3 Å². The molecule has 2 rings (SSSR count). The van der Waals surface area contributed by atoms with Gasteiger partial charge in [-0.1, -0.05) is 0 Å². The van der Waals surface area contributed by atoms with Crippen LogP contribution >= 0.6 is 0 Å². The van der Waals surface area contributed by atoms with Crippen LogP contribution in [0.2, 0.25) is 0 Å². The molecule has 0 saturated carbocycles. The number of carbonyl (C=O) groups excluding carboxylic acids is 1. The average molecular weight is 340 g/mol. The van der Waals surface area contributed by atoms with E-state index in [-0.39, 0.29) is 23.5 Å². The van der Waals surface area contributed by atoms with Crippen LogP contribution in [0.1, 0.15) is 28.8 Å². The molecule has 0 aliphatic rings. The molecule has 0 radical (unpaired) electrons. The number of rotatable bonds is 7. The number of hydrogen-bond acceptors (Lipinski definition) is 6. The average Bonchev–Trinajstić information content (AvgIpc) is 2.59. The van der Waals surface area contributed by atoms with Gasteiger partial charge in [-0.25, -0.2) is 4.98 Å². The highest BCUT2D eigenvalue weighted by Gasteiger charge is 2.13. The number of nitrogens with one attached hydrogen (secondary N) is 3. The SMILES string of the molecule is Cc1[nH]c(=O)c(C#N)c(C)c1CCC(=O)NCCNc1cnccn1. The molecule has 2 heterocycles. The van der Waals surface area contributed by atoms with Gasteiger partial charge in [0.1, 0.15) is 17.5 Å². The van der Waals surface area contributed by atoms with Gasteiger partial charge in [0, 0.05) is 37.6 Å². The predicted octanol–water partition coefficient (Wildman–Crippen LogP) is 0.814. The Morgan fingerprint density at radius 3 is 2.80 bits per heavy atom. The predicted molar refractivity (Wildman–Crippen MR) is 93.1 cm³/mol. The third-order valence-electron chi connectivity index (χ3n) is 3.84. The third-order valence-corrected chi connectivity index (χ3v) is 3.84. The Morgan fingerprint density at radius 1 is 1.32 bits per heavy atom. The summed E-state index contributed by atoms with van der Waals surface area (Å²) in [5, 5.41) is 14.9. The Morgan fingerprint density at radius 2 is 2.12 bits per heavy atom. The normalized spacial score (nSPS) is 10.1. The van der Waals surface area contributed by atoms with Gasteiger partial charge in [-0.3, -0.25) is 14.6 Å². The molecule has 25 heavy (non-hydrogen) atoms. The third kappa shape index (κ3) is 4.88. The number of aromatic amines is 1. The summed E-state index contributed by atoms with van der Waals surface area (Å²) in [5.41, 5.74) is 1.89. The lowest BCUT2D eigenvalue weighted by Gasteiger charge is -2.11. The minimum absolute atomic E-state index is 0.0931. The zero-order chi connectivity index (χ0) is 18.2. The lowest BCUT2D eigenvalue weighted by molar-refractivity contribution is -0.120. The lowest BCUT2D eigenvalue weighted by Crippen LogP contribution is -2.29. The highest BCUT2D eigenvalue weighted by molar-refractivity contribution is 5.76. The second-order valence-electron chi connectivity index (χ2n) is 5.54. The first-order valence-corrected chi connectivity index (χ1v) is 7.92. The molecule has 8 heteroatoms. The van der Waals surface area contributed by atoms with Gasteiger partial charge in [-0.15, -0.1) is 0 Å². The van der Waals surface area contributed by atoms with Gasteiger partial charge in [-0.2, -0.15) is 5.26 Å². The van der Waals surface area contributed by atoms with E-state index in [1.165, 1.54) is 0 Å². The number of anilines is 1. The summed E-state index contributed by atoms with van der Waals surface area (Å²) in [6.45, 7) is 4.51. The summed E-state index contributed by atoms with van der Waals surface area (Å²) in [7, 11) is 0. The fourth-order valence-electron chi connectivity index (χ4n) is 2.53. The van der Waals surface area contributed by atoms with E-state index in [9.17, 15) is 9.59 Å². The number of H-pyrrole nitrogens is 1. The minimum atomic E-state index is -0.388. The molecule has 2 aromatic heterocycles. The van der Waals surface area contributed by atoms with Gasteiger partial charge in [0.05, 0.1) is 6.20 Å². The maximum atomic E-state index is 12.0. The standard InChI is InChI=1S/C17H20N6O2/c1-11-13(12(2)23-17(25)14(11)9-18)3-4-16(24)22-8-7-21-15-10-19-5-6-20-15/h5-6,10H,3-4,7-8H2,1-2H3,(H,20,21)(H,22,24)(H,23,25). The molecule has 0 aromatic carbocycles. The van der Waals surface area contributed by atoms with E-state index >= 15 is 0 Å². The van der Waals surface area contributed by atoms with Crippen LogP contribution in [0.15, 0.2) is 23.4 Å².